The molecule has 0 saturated heterocycles. The number of hydrogen-bond donors (Lipinski definition) is 0. The molecule has 1 unspecified atom stereocenters. The molecule has 0 radical (unpaired) electrons. The van der Waals surface area contributed by atoms with Crippen LogP contribution in [0.3, 0.4) is 0 Å². The standard InChI is InChI=1S/C75H138O6/c1-4-7-10-13-16-19-22-25-27-29-31-33-34-35-36-37-38-39-40-42-43-45-47-50-53-56-59-62-65-68-74(77)80-71-72(70-79-73(76)67-64-61-58-55-52-49-24-21-18-15-12-9-6-3)81-75(78)69-66-63-60-57-54-51-48-46-44-41-32-30-28-26-23-20-17-14-11-8-5-2/h9,12,18,21,30,32,49,52,72H,4-8,10-11,13-17,19-20,22-29,31,33-48,50-51,53-71H2,1-3H3/b12-9-,21-18-,32-30-,52-49-. The van der Waals surface area contributed by atoms with Gasteiger partial charge < -0.3 is 14.2 Å². The highest BCUT2D eigenvalue weighted by atomic mass is 16.6. The molecule has 0 amide bonds. The molecule has 0 fully saturated rings. The Bertz CT molecular complexity index is 1400. The topological polar surface area (TPSA) is 78.9 Å². The van der Waals surface area contributed by atoms with Crippen LogP contribution in [0, 0.1) is 0 Å². The van der Waals surface area contributed by atoms with E-state index in [2.05, 4.69) is 69.4 Å². The number of rotatable bonds is 67. The fourth-order valence-corrected chi connectivity index (χ4v) is 10.9. The van der Waals surface area contributed by atoms with Crippen molar-refractivity contribution in [2.75, 3.05) is 13.2 Å². The number of carbonyl (C=O) groups is 3. The predicted molar refractivity (Wildman–Crippen MR) is 353 cm³/mol. The average Bonchev–Trinajstić information content (AvgIpc) is 3.46. The second-order valence-electron chi connectivity index (χ2n) is 24.5. The summed E-state index contributed by atoms with van der Waals surface area (Å²) in [5, 5.41) is 0. The van der Waals surface area contributed by atoms with Gasteiger partial charge in [0.2, 0.25) is 0 Å². The van der Waals surface area contributed by atoms with E-state index >= 15 is 0 Å². The second kappa shape index (κ2) is 69.9. The molecule has 0 aromatic heterocycles. The average molecular weight is 1140 g/mol. The van der Waals surface area contributed by atoms with Crippen molar-refractivity contribution in [1.82, 2.24) is 0 Å². The van der Waals surface area contributed by atoms with Gasteiger partial charge in [0.15, 0.2) is 6.10 Å². The van der Waals surface area contributed by atoms with Gasteiger partial charge in [-0.3, -0.25) is 14.4 Å². The van der Waals surface area contributed by atoms with Crippen LogP contribution in [-0.4, -0.2) is 37.2 Å². The Hall–Kier alpha value is -2.63. The van der Waals surface area contributed by atoms with Crippen LogP contribution in [0.1, 0.15) is 393 Å². The van der Waals surface area contributed by atoms with E-state index in [9.17, 15) is 14.4 Å². The third-order valence-corrected chi connectivity index (χ3v) is 16.3. The van der Waals surface area contributed by atoms with Gasteiger partial charge in [-0.1, -0.05) is 345 Å². The van der Waals surface area contributed by atoms with E-state index in [1.165, 1.54) is 270 Å². The molecule has 0 aliphatic heterocycles. The fraction of sp³-hybridized carbons (Fsp3) is 0.853. The van der Waals surface area contributed by atoms with Crippen LogP contribution >= 0.6 is 0 Å². The van der Waals surface area contributed by atoms with Gasteiger partial charge in [0, 0.05) is 19.3 Å². The summed E-state index contributed by atoms with van der Waals surface area (Å²) in [6.07, 6.45) is 88.8. The van der Waals surface area contributed by atoms with Gasteiger partial charge in [0.05, 0.1) is 0 Å². The van der Waals surface area contributed by atoms with Crippen molar-refractivity contribution < 1.29 is 28.6 Å². The fourth-order valence-electron chi connectivity index (χ4n) is 10.9. The first-order valence-corrected chi connectivity index (χ1v) is 36.1. The van der Waals surface area contributed by atoms with E-state index < -0.39 is 6.10 Å². The number of carbonyl (C=O) groups excluding carboxylic acids is 3. The number of unbranched alkanes of at least 4 members (excludes halogenated alkanes) is 48. The highest BCUT2D eigenvalue weighted by molar-refractivity contribution is 5.71. The van der Waals surface area contributed by atoms with E-state index in [-0.39, 0.29) is 31.1 Å². The van der Waals surface area contributed by atoms with E-state index in [1.807, 2.05) is 0 Å². The van der Waals surface area contributed by atoms with Crippen LogP contribution in [0.4, 0.5) is 0 Å². The molecule has 6 nitrogen and oxygen atoms in total. The molecule has 0 aromatic carbocycles. The summed E-state index contributed by atoms with van der Waals surface area (Å²) in [6.45, 7) is 6.57. The predicted octanol–water partition coefficient (Wildman–Crippen LogP) is 24.9. The van der Waals surface area contributed by atoms with Crippen molar-refractivity contribution in [3.8, 4) is 0 Å². The molecule has 0 rings (SSSR count). The Labute approximate surface area is 505 Å². The van der Waals surface area contributed by atoms with Gasteiger partial charge in [-0.25, -0.2) is 0 Å². The molecule has 0 aliphatic carbocycles. The van der Waals surface area contributed by atoms with Crippen LogP contribution < -0.4 is 0 Å². The third-order valence-electron chi connectivity index (χ3n) is 16.3. The molecule has 6 heteroatoms. The molecule has 0 bridgehead atoms. The van der Waals surface area contributed by atoms with E-state index in [4.69, 9.17) is 14.2 Å². The van der Waals surface area contributed by atoms with Crippen LogP contribution in [-0.2, 0) is 28.6 Å². The van der Waals surface area contributed by atoms with Crippen LogP contribution in [0.25, 0.3) is 0 Å². The highest BCUT2D eigenvalue weighted by Gasteiger charge is 2.19. The Kier molecular flexibility index (Phi) is 67.6. The lowest BCUT2D eigenvalue weighted by Gasteiger charge is -2.18. The van der Waals surface area contributed by atoms with Crippen molar-refractivity contribution in [3.63, 3.8) is 0 Å². The summed E-state index contributed by atoms with van der Waals surface area (Å²) in [6, 6.07) is 0. The van der Waals surface area contributed by atoms with Crippen LogP contribution in [0.5, 0.6) is 0 Å². The van der Waals surface area contributed by atoms with Crippen LogP contribution in [0.15, 0.2) is 48.6 Å². The maximum absolute atomic E-state index is 12.9. The zero-order valence-electron chi connectivity index (χ0n) is 54.6. The number of allylic oxidation sites excluding steroid dienone is 8. The minimum atomic E-state index is -0.786. The summed E-state index contributed by atoms with van der Waals surface area (Å²) >= 11 is 0. The van der Waals surface area contributed by atoms with Crippen molar-refractivity contribution in [2.24, 2.45) is 0 Å². The van der Waals surface area contributed by atoms with E-state index in [0.29, 0.717) is 19.3 Å². The lowest BCUT2D eigenvalue weighted by atomic mass is 10.0. The first-order chi connectivity index (χ1) is 40.0. The summed E-state index contributed by atoms with van der Waals surface area (Å²) in [5.74, 6) is -0.887. The molecule has 0 aromatic rings. The van der Waals surface area contributed by atoms with E-state index in [0.717, 1.165) is 83.5 Å². The van der Waals surface area contributed by atoms with Crippen molar-refractivity contribution in [3.05, 3.63) is 48.6 Å². The molecule has 474 valence electrons. The van der Waals surface area contributed by atoms with Crippen molar-refractivity contribution in [1.29, 1.82) is 0 Å². The molecule has 0 aliphatic rings. The van der Waals surface area contributed by atoms with Gasteiger partial charge in [-0.05, 0) is 77.0 Å². The zero-order valence-corrected chi connectivity index (χ0v) is 54.6. The second-order valence-corrected chi connectivity index (χ2v) is 24.5. The first-order valence-electron chi connectivity index (χ1n) is 36.1. The molecule has 0 N–H and O–H groups in total. The zero-order chi connectivity index (χ0) is 58.5. The third kappa shape index (κ3) is 68.0. The SMILES string of the molecule is CC/C=C\C/C=C\C/C=C\CCCCCC(=O)OCC(COC(=O)CCCCCCCCCCCCCCCCCCCCCCCCCCCCCCC)OC(=O)CCCCCCCCCCC/C=C\CCCCCCCCCC. The molecule has 0 spiro atoms. The van der Waals surface area contributed by atoms with Gasteiger partial charge >= 0.3 is 17.9 Å². The Morgan fingerprint density at radius 1 is 0.259 bits per heavy atom. The van der Waals surface area contributed by atoms with Gasteiger partial charge in [-0.15, -0.1) is 0 Å². The number of hydrogen-bond acceptors (Lipinski definition) is 6. The summed E-state index contributed by atoms with van der Waals surface area (Å²) in [7, 11) is 0. The van der Waals surface area contributed by atoms with Gasteiger partial charge in [-0.2, -0.15) is 0 Å². The van der Waals surface area contributed by atoms with Crippen molar-refractivity contribution in [2.45, 2.75) is 399 Å². The number of ether oxygens (including phenoxy) is 3. The monoisotopic (exact) mass is 1140 g/mol. The minimum absolute atomic E-state index is 0.0794. The maximum atomic E-state index is 12.9. The van der Waals surface area contributed by atoms with Gasteiger partial charge in [0.1, 0.15) is 13.2 Å². The quantitative estimate of drug-likeness (QED) is 0.0261. The van der Waals surface area contributed by atoms with Gasteiger partial charge in [0.25, 0.3) is 0 Å². The summed E-state index contributed by atoms with van der Waals surface area (Å²) in [5.41, 5.74) is 0. The summed E-state index contributed by atoms with van der Waals surface area (Å²) in [4.78, 5) is 38.4. The molecule has 0 saturated carbocycles. The molecule has 81 heavy (non-hydrogen) atoms. The highest BCUT2D eigenvalue weighted by Crippen LogP contribution is 2.19. The normalized spacial score (nSPS) is 12.3. The van der Waals surface area contributed by atoms with E-state index in [1.54, 1.807) is 0 Å². The van der Waals surface area contributed by atoms with Crippen molar-refractivity contribution >= 4 is 17.9 Å². The summed E-state index contributed by atoms with van der Waals surface area (Å²) < 4.78 is 17.0. The Balaban J connectivity index is 4.19. The molecule has 0 heterocycles. The Morgan fingerprint density at radius 3 is 0.778 bits per heavy atom. The lowest BCUT2D eigenvalue weighted by Crippen LogP contribution is -2.30. The molecular weight excluding hydrogens is 997 g/mol. The maximum Gasteiger partial charge on any atom is 0.306 e. The smallest absolute Gasteiger partial charge is 0.306 e. The minimum Gasteiger partial charge on any atom is -0.462 e. The van der Waals surface area contributed by atoms with Crippen LogP contribution in [0.2, 0.25) is 0 Å². The molecular formula is C75H138O6. The number of esters is 3. The first kappa shape index (κ1) is 78.4. The largest absolute Gasteiger partial charge is 0.462 e. The molecule has 1 atom stereocenters. The lowest BCUT2D eigenvalue weighted by molar-refractivity contribution is -0.167. The Morgan fingerprint density at radius 2 is 0.481 bits per heavy atom.